The number of fused-ring (bicyclic) bond motifs is 11. The molecule has 0 saturated heterocycles. The van der Waals surface area contributed by atoms with Gasteiger partial charge in [0, 0.05) is 0 Å². The van der Waals surface area contributed by atoms with Crippen molar-refractivity contribution in [1.29, 1.82) is 0 Å². The van der Waals surface area contributed by atoms with Crippen LogP contribution in [-0.2, 0) is 5.41 Å². The van der Waals surface area contributed by atoms with Crippen molar-refractivity contribution < 1.29 is 0 Å². The fourth-order valence-corrected chi connectivity index (χ4v) is 10.8. The van der Waals surface area contributed by atoms with Gasteiger partial charge in [-0.3, -0.25) is 0 Å². The number of nitrogens with zero attached hydrogens (tertiary/aromatic N) is 1. The molecule has 1 heterocycles. The molecule has 1 aliphatic carbocycles. The van der Waals surface area contributed by atoms with Crippen LogP contribution in [0.4, 0.5) is 17.1 Å². The van der Waals surface area contributed by atoms with Gasteiger partial charge in [0.1, 0.15) is 0 Å². The van der Waals surface area contributed by atoms with Crippen molar-refractivity contribution >= 4 is 83.2 Å². The Morgan fingerprint density at radius 2 is 1.15 bits per heavy atom. The molecule has 0 bridgehead atoms. The van der Waals surface area contributed by atoms with Crippen LogP contribution < -0.4 is 4.90 Å². The van der Waals surface area contributed by atoms with E-state index in [1.165, 1.54) is 90.9 Å². The first-order valence-electron chi connectivity index (χ1n) is 16.4. The molecule has 10 rings (SSSR count). The van der Waals surface area contributed by atoms with Crippen molar-refractivity contribution in [3.05, 3.63) is 163 Å². The second-order valence-electron chi connectivity index (χ2n) is 13.3. The van der Waals surface area contributed by atoms with Gasteiger partial charge in [-0.1, -0.05) is 12.1 Å². The van der Waals surface area contributed by atoms with Crippen molar-refractivity contribution in [2.45, 2.75) is 19.3 Å². The van der Waals surface area contributed by atoms with Crippen LogP contribution >= 0.6 is 0 Å². The third-order valence-corrected chi connectivity index (χ3v) is 12.9. The molecule has 8 aromatic carbocycles. The summed E-state index contributed by atoms with van der Waals surface area (Å²) in [4.78, 5) is 2.49. The molecule has 1 nitrogen and oxygen atoms in total. The molecule has 0 aliphatic heterocycles. The number of hydrogen-bond donors (Lipinski definition) is 0. The molecule has 2 heteroatoms. The van der Waals surface area contributed by atoms with Gasteiger partial charge in [0.15, 0.2) is 0 Å². The molecule has 0 radical (unpaired) electrons. The van der Waals surface area contributed by atoms with Crippen LogP contribution in [-0.4, -0.2) is 14.5 Å². The van der Waals surface area contributed by atoms with Crippen LogP contribution in [0.5, 0.6) is 0 Å². The molecule has 0 unspecified atom stereocenters. The first kappa shape index (κ1) is 27.0. The van der Waals surface area contributed by atoms with E-state index in [1.54, 1.807) is 0 Å². The number of hydrogen-bond acceptors (Lipinski definition) is 1. The monoisotopic (exact) mass is 665 g/mol. The Kier molecular flexibility index (Phi) is 5.71. The topological polar surface area (TPSA) is 3.24 Å². The van der Waals surface area contributed by atoms with Gasteiger partial charge in [-0.2, -0.15) is 0 Å². The maximum absolute atomic E-state index is 2.49. The molecule has 9 aromatic rings. The Balaban J connectivity index is 1.25. The van der Waals surface area contributed by atoms with E-state index in [0.29, 0.717) is 14.5 Å². The Bertz CT molecular complexity index is 2730. The minimum absolute atomic E-state index is 0.0704. The fourth-order valence-electron chi connectivity index (χ4n) is 8.12. The van der Waals surface area contributed by atoms with Gasteiger partial charge in [-0.15, -0.1) is 0 Å². The van der Waals surface area contributed by atoms with E-state index in [4.69, 9.17) is 0 Å². The summed E-state index contributed by atoms with van der Waals surface area (Å²) in [6.45, 7) is 4.72. The van der Waals surface area contributed by atoms with Crippen molar-refractivity contribution in [2.75, 3.05) is 4.90 Å². The van der Waals surface area contributed by atoms with E-state index >= 15 is 0 Å². The van der Waals surface area contributed by atoms with E-state index < -0.39 is 0 Å². The van der Waals surface area contributed by atoms with Gasteiger partial charge in [-0.05, 0) is 0 Å². The minimum atomic E-state index is -0.0704. The summed E-state index contributed by atoms with van der Waals surface area (Å²) in [6.07, 6.45) is 0. The molecule has 0 fully saturated rings. The third kappa shape index (κ3) is 3.90. The van der Waals surface area contributed by atoms with Gasteiger partial charge in [0.2, 0.25) is 0 Å². The molecule has 0 saturated carbocycles. The van der Waals surface area contributed by atoms with Gasteiger partial charge in [-0.25, -0.2) is 0 Å². The van der Waals surface area contributed by atoms with Crippen molar-refractivity contribution in [3.63, 3.8) is 0 Å². The summed E-state index contributed by atoms with van der Waals surface area (Å²) in [5, 5.41) is 10.6. The van der Waals surface area contributed by atoms with E-state index in [9.17, 15) is 0 Å². The molecule has 0 spiro atoms. The van der Waals surface area contributed by atoms with Crippen LogP contribution in [0.25, 0.3) is 62.7 Å². The zero-order valence-corrected chi connectivity index (χ0v) is 28.0. The third-order valence-electron chi connectivity index (χ3n) is 10.4. The normalized spacial score (nSPS) is 13.5. The average Bonchev–Trinajstić information content (AvgIpc) is 3.61. The Hall–Kier alpha value is -5.14. The van der Waals surface area contributed by atoms with Crippen LogP contribution in [0.2, 0.25) is 0 Å². The first-order valence-corrected chi connectivity index (χ1v) is 18.1. The molecule has 0 N–H and O–H groups in total. The molecule has 0 amide bonds. The molecule has 0 atom stereocenters. The Labute approximate surface area is 280 Å². The molecule has 1 aliphatic rings. The van der Waals surface area contributed by atoms with E-state index in [1.807, 2.05) is 0 Å². The van der Waals surface area contributed by atoms with Crippen molar-refractivity contribution in [3.8, 4) is 11.1 Å². The maximum atomic E-state index is 2.49. The van der Waals surface area contributed by atoms with E-state index in [-0.39, 0.29) is 5.41 Å². The summed E-state index contributed by atoms with van der Waals surface area (Å²) in [7, 11) is 0. The standard InChI is InChI=1S/C45H31NSe/c1-45(2)38-14-7-5-13-37(38)43-39(45)15-9-16-40(43)46(32-22-20-28-10-3-4-11-30(28)26-32)33-23-25-34-31(27-33)19-18-29-21-24-36-35-12-6-8-17-41(35)47-44(36)42(29)34/h3-27H,1-2H3. The summed E-state index contributed by atoms with van der Waals surface area (Å²) >= 11 is 0.292. The zero-order chi connectivity index (χ0) is 31.3. The van der Waals surface area contributed by atoms with Crippen LogP contribution in [0.1, 0.15) is 25.0 Å². The Morgan fingerprint density at radius 3 is 2.06 bits per heavy atom. The molecular formula is C45H31NSe. The quantitative estimate of drug-likeness (QED) is 0.134. The number of anilines is 3. The summed E-state index contributed by atoms with van der Waals surface area (Å²) < 4.78 is 3.00. The predicted molar refractivity (Wildman–Crippen MR) is 203 cm³/mol. The van der Waals surface area contributed by atoms with Gasteiger partial charge < -0.3 is 0 Å². The molecule has 222 valence electrons. The Morgan fingerprint density at radius 1 is 0.489 bits per heavy atom. The first-order chi connectivity index (χ1) is 23.1. The number of benzene rings is 8. The zero-order valence-electron chi connectivity index (χ0n) is 26.3. The van der Waals surface area contributed by atoms with Crippen molar-refractivity contribution in [2.24, 2.45) is 0 Å². The summed E-state index contributed by atoms with van der Waals surface area (Å²) in [5.74, 6) is 0. The summed E-state index contributed by atoms with van der Waals surface area (Å²) in [6, 6.07) is 56.8. The van der Waals surface area contributed by atoms with Crippen LogP contribution in [0.15, 0.2) is 152 Å². The van der Waals surface area contributed by atoms with Gasteiger partial charge >= 0.3 is 269 Å². The van der Waals surface area contributed by atoms with Gasteiger partial charge in [0.25, 0.3) is 0 Å². The average molecular weight is 665 g/mol. The van der Waals surface area contributed by atoms with Crippen molar-refractivity contribution in [1.82, 2.24) is 0 Å². The fraction of sp³-hybridized carbons (Fsp3) is 0.0667. The second kappa shape index (κ2) is 9.93. The van der Waals surface area contributed by atoms with E-state index in [0.717, 1.165) is 0 Å². The van der Waals surface area contributed by atoms with E-state index in [2.05, 4.69) is 170 Å². The predicted octanol–water partition coefficient (Wildman–Crippen LogP) is 12.3. The molecular weight excluding hydrogens is 633 g/mol. The summed E-state index contributed by atoms with van der Waals surface area (Å²) in [5.41, 5.74) is 8.92. The van der Waals surface area contributed by atoms with Crippen LogP contribution in [0, 0.1) is 0 Å². The van der Waals surface area contributed by atoms with Gasteiger partial charge in [0.05, 0.1) is 0 Å². The second-order valence-corrected chi connectivity index (χ2v) is 15.6. The molecule has 1 aromatic heterocycles. The molecule has 47 heavy (non-hydrogen) atoms. The number of rotatable bonds is 3. The van der Waals surface area contributed by atoms with Crippen LogP contribution in [0.3, 0.4) is 0 Å². The SMILES string of the molecule is CC1(C)c2ccccc2-c2c(N(c3ccc4ccccc4c3)c3ccc4c(ccc5ccc6c7ccccc7[se]c6c54)c3)cccc21.